The minimum absolute atomic E-state index is 0.00124. The van der Waals surface area contributed by atoms with Crippen molar-refractivity contribution in [1.29, 1.82) is 0 Å². The van der Waals surface area contributed by atoms with Crippen LogP contribution in [0.5, 0.6) is 0 Å². The van der Waals surface area contributed by atoms with Gasteiger partial charge in [-0.25, -0.2) is 4.39 Å². The first kappa shape index (κ1) is 14.6. The Bertz CT molecular complexity index is 418. The maximum absolute atomic E-state index is 13.4. The van der Waals surface area contributed by atoms with E-state index in [4.69, 9.17) is 0 Å². The van der Waals surface area contributed by atoms with Crippen molar-refractivity contribution in [3.8, 4) is 0 Å². The molecule has 0 saturated heterocycles. The summed E-state index contributed by atoms with van der Waals surface area (Å²) in [6.45, 7) is 4.16. The number of carbonyl (C=O) groups excluding carboxylic acids is 1. The largest absolute Gasteiger partial charge is 0.344 e. The van der Waals surface area contributed by atoms with Crippen LogP contribution in [0.2, 0.25) is 0 Å². The number of hydrogen-bond donors (Lipinski definition) is 1. The predicted molar refractivity (Wildman–Crippen MR) is 70.9 cm³/mol. The molecule has 0 radical (unpaired) electrons. The minimum atomic E-state index is -0.593. The first-order valence-corrected chi connectivity index (χ1v) is 6.06. The summed E-state index contributed by atoms with van der Waals surface area (Å²) in [5, 5.41) is 2.97. The fraction of sp³-hybridized carbons (Fsp3) is 0.500. The van der Waals surface area contributed by atoms with Gasteiger partial charge in [0.25, 0.3) is 0 Å². The van der Waals surface area contributed by atoms with Gasteiger partial charge in [-0.1, -0.05) is 18.2 Å². The molecule has 3 nitrogen and oxygen atoms in total. The summed E-state index contributed by atoms with van der Waals surface area (Å²) < 4.78 is 13.4. The van der Waals surface area contributed by atoms with E-state index in [9.17, 15) is 9.18 Å². The number of nitrogens with one attached hydrogen (secondary N) is 1. The van der Waals surface area contributed by atoms with Gasteiger partial charge < -0.3 is 10.2 Å². The van der Waals surface area contributed by atoms with Gasteiger partial charge in [0.15, 0.2) is 0 Å². The normalized spacial score (nSPS) is 11.4. The first-order valence-electron chi connectivity index (χ1n) is 6.06. The predicted octanol–water partition coefficient (Wildman–Crippen LogP) is 1.82. The molecule has 1 aromatic rings. The molecule has 0 unspecified atom stereocenters. The van der Waals surface area contributed by atoms with Gasteiger partial charge in [0.05, 0.1) is 5.54 Å². The fourth-order valence-electron chi connectivity index (χ4n) is 1.67. The van der Waals surface area contributed by atoms with E-state index in [1.807, 2.05) is 13.8 Å². The quantitative estimate of drug-likeness (QED) is 0.867. The average molecular weight is 252 g/mol. The summed E-state index contributed by atoms with van der Waals surface area (Å²) in [6.07, 6.45) is 0.523. The monoisotopic (exact) mass is 252 g/mol. The molecule has 1 rings (SSSR count). The maximum atomic E-state index is 13.4. The number of benzene rings is 1. The Hall–Kier alpha value is -1.42. The maximum Gasteiger partial charge on any atom is 0.242 e. The highest BCUT2D eigenvalue weighted by Gasteiger charge is 2.28. The van der Waals surface area contributed by atoms with Crippen molar-refractivity contribution >= 4 is 5.91 Å². The Labute approximate surface area is 108 Å². The molecule has 0 atom stereocenters. The van der Waals surface area contributed by atoms with Crippen LogP contribution in [0.3, 0.4) is 0 Å². The fourth-order valence-corrected chi connectivity index (χ4v) is 1.67. The molecular formula is C14H21FN2O. The highest BCUT2D eigenvalue weighted by Crippen LogP contribution is 2.10. The van der Waals surface area contributed by atoms with Crippen LogP contribution < -0.4 is 5.32 Å². The Morgan fingerprint density at radius 3 is 2.56 bits per heavy atom. The number of likely N-dealkylation sites (N-methyl/N-ethyl adjacent to an activating group) is 2. The highest BCUT2D eigenvalue weighted by molar-refractivity contribution is 5.85. The number of amides is 1. The molecule has 1 N–H and O–H groups in total. The van der Waals surface area contributed by atoms with E-state index in [0.29, 0.717) is 18.5 Å². The third-order valence-electron chi connectivity index (χ3n) is 3.18. The zero-order chi connectivity index (χ0) is 13.8. The summed E-state index contributed by atoms with van der Waals surface area (Å²) in [7, 11) is 3.49. The van der Waals surface area contributed by atoms with E-state index < -0.39 is 5.54 Å². The van der Waals surface area contributed by atoms with Gasteiger partial charge >= 0.3 is 0 Å². The molecule has 0 aliphatic carbocycles. The van der Waals surface area contributed by atoms with Crippen molar-refractivity contribution in [2.75, 3.05) is 20.6 Å². The zero-order valence-electron chi connectivity index (χ0n) is 11.5. The molecule has 0 spiro atoms. The number of nitrogens with zero attached hydrogens (tertiary/aromatic N) is 1. The number of carbonyl (C=O) groups is 1. The smallest absolute Gasteiger partial charge is 0.242 e. The molecule has 0 aromatic heterocycles. The molecule has 18 heavy (non-hydrogen) atoms. The lowest BCUT2D eigenvalue weighted by Gasteiger charge is -2.29. The van der Waals surface area contributed by atoms with Crippen molar-refractivity contribution in [2.24, 2.45) is 0 Å². The van der Waals surface area contributed by atoms with E-state index in [1.165, 1.54) is 6.07 Å². The second kappa shape index (κ2) is 5.96. The second-order valence-corrected chi connectivity index (χ2v) is 4.94. The third-order valence-corrected chi connectivity index (χ3v) is 3.18. The Balaban J connectivity index is 2.59. The summed E-state index contributed by atoms with van der Waals surface area (Å²) in [5.74, 6) is -0.215. The van der Waals surface area contributed by atoms with Gasteiger partial charge in [-0.05, 0) is 38.9 Å². The van der Waals surface area contributed by atoms with Crippen molar-refractivity contribution in [2.45, 2.75) is 25.8 Å². The van der Waals surface area contributed by atoms with E-state index in [-0.39, 0.29) is 11.7 Å². The van der Waals surface area contributed by atoms with Gasteiger partial charge in [0.1, 0.15) is 5.82 Å². The Morgan fingerprint density at radius 2 is 2.00 bits per heavy atom. The van der Waals surface area contributed by atoms with Gasteiger partial charge in [-0.15, -0.1) is 0 Å². The summed E-state index contributed by atoms with van der Waals surface area (Å²) in [6, 6.07) is 6.65. The molecule has 0 aliphatic heterocycles. The highest BCUT2D eigenvalue weighted by atomic mass is 19.1. The van der Waals surface area contributed by atoms with Crippen molar-refractivity contribution < 1.29 is 9.18 Å². The summed E-state index contributed by atoms with van der Waals surface area (Å²) in [5.41, 5.74) is 0.0451. The van der Waals surface area contributed by atoms with Crippen LogP contribution >= 0.6 is 0 Å². The summed E-state index contributed by atoms with van der Waals surface area (Å²) >= 11 is 0. The molecule has 0 saturated carbocycles. The topological polar surface area (TPSA) is 32.3 Å². The van der Waals surface area contributed by atoms with Crippen LogP contribution in [0, 0.1) is 5.82 Å². The molecular weight excluding hydrogens is 231 g/mol. The first-order chi connectivity index (χ1) is 8.38. The molecule has 0 heterocycles. The van der Waals surface area contributed by atoms with Gasteiger partial charge in [-0.2, -0.15) is 0 Å². The Kier molecular flexibility index (Phi) is 4.84. The van der Waals surface area contributed by atoms with Crippen LogP contribution in [0.25, 0.3) is 0 Å². The standard InChI is InChI=1S/C14H21FN2O/c1-14(2,16-3)13(18)17(4)10-9-11-7-5-6-8-12(11)15/h5-8,16H,9-10H2,1-4H3. The zero-order valence-corrected chi connectivity index (χ0v) is 11.5. The SMILES string of the molecule is CNC(C)(C)C(=O)N(C)CCc1ccccc1F. The van der Waals surface area contributed by atoms with Crippen molar-refractivity contribution in [3.05, 3.63) is 35.6 Å². The van der Waals surface area contributed by atoms with Crippen molar-refractivity contribution in [3.63, 3.8) is 0 Å². The third kappa shape index (κ3) is 3.53. The van der Waals surface area contributed by atoms with E-state index >= 15 is 0 Å². The van der Waals surface area contributed by atoms with Crippen LogP contribution in [0.1, 0.15) is 19.4 Å². The summed E-state index contributed by atoms with van der Waals surface area (Å²) in [4.78, 5) is 13.7. The number of rotatable bonds is 5. The van der Waals surface area contributed by atoms with Crippen LogP contribution in [0.15, 0.2) is 24.3 Å². The van der Waals surface area contributed by atoms with Crippen molar-refractivity contribution in [1.82, 2.24) is 10.2 Å². The second-order valence-electron chi connectivity index (χ2n) is 4.94. The number of hydrogen-bond acceptors (Lipinski definition) is 2. The Morgan fingerprint density at radius 1 is 1.39 bits per heavy atom. The number of halogens is 1. The molecule has 4 heteroatoms. The lowest BCUT2D eigenvalue weighted by Crippen LogP contribution is -2.52. The lowest BCUT2D eigenvalue weighted by atomic mass is 10.0. The molecule has 1 aromatic carbocycles. The lowest BCUT2D eigenvalue weighted by molar-refractivity contribution is -0.135. The van der Waals surface area contributed by atoms with Gasteiger partial charge in [0.2, 0.25) is 5.91 Å². The van der Waals surface area contributed by atoms with E-state index in [0.717, 1.165) is 0 Å². The molecule has 0 aliphatic rings. The van der Waals surface area contributed by atoms with Crippen LogP contribution in [-0.2, 0) is 11.2 Å². The molecule has 0 fully saturated rings. The molecule has 0 bridgehead atoms. The van der Waals surface area contributed by atoms with Crippen LogP contribution in [-0.4, -0.2) is 37.0 Å². The van der Waals surface area contributed by atoms with Gasteiger partial charge in [0, 0.05) is 13.6 Å². The molecule has 100 valence electrons. The van der Waals surface area contributed by atoms with E-state index in [1.54, 1.807) is 37.2 Å². The van der Waals surface area contributed by atoms with Gasteiger partial charge in [-0.3, -0.25) is 4.79 Å². The molecule has 1 amide bonds. The minimum Gasteiger partial charge on any atom is -0.344 e. The average Bonchev–Trinajstić information content (AvgIpc) is 2.36. The van der Waals surface area contributed by atoms with Crippen LogP contribution in [0.4, 0.5) is 4.39 Å². The van der Waals surface area contributed by atoms with E-state index in [2.05, 4.69) is 5.32 Å².